The van der Waals surface area contributed by atoms with Gasteiger partial charge < -0.3 is 11.1 Å². The lowest BCUT2D eigenvalue weighted by Gasteiger charge is -2.25. The second-order valence-electron chi connectivity index (χ2n) is 5.30. The van der Waals surface area contributed by atoms with Crippen molar-refractivity contribution in [2.75, 3.05) is 5.73 Å². The van der Waals surface area contributed by atoms with Crippen LogP contribution in [0.5, 0.6) is 0 Å². The highest BCUT2D eigenvalue weighted by Gasteiger charge is 2.30. The maximum atomic E-state index is 12.2. The average Bonchev–Trinajstić information content (AvgIpc) is 2.64. The lowest BCUT2D eigenvalue weighted by molar-refractivity contribution is 0.0907. The minimum atomic E-state index is -0.0229. The van der Waals surface area contributed by atoms with Gasteiger partial charge in [-0.3, -0.25) is 4.79 Å². The van der Waals surface area contributed by atoms with Gasteiger partial charge in [0.25, 0.3) is 5.91 Å². The number of hydrogen-bond acceptors (Lipinski definition) is 2. The van der Waals surface area contributed by atoms with E-state index in [0.29, 0.717) is 5.69 Å². The molecule has 3 nitrogen and oxygen atoms in total. The van der Waals surface area contributed by atoms with Gasteiger partial charge in [-0.1, -0.05) is 12.8 Å². The largest absolute Gasteiger partial charge is 0.399 e. The monoisotopic (exact) mass is 232 g/mol. The van der Waals surface area contributed by atoms with Crippen molar-refractivity contribution in [1.29, 1.82) is 0 Å². The molecule has 1 fully saturated rings. The van der Waals surface area contributed by atoms with Crippen molar-refractivity contribution in [3.8, 4) is 0 Å². The summed E-state index contributed by atoms with van der Waals surface area (Å²) in [7, 11) is 0. The Balaban J connectivity index is 2.14. The quantitative estimate of drug-likeness (QED) is 0.770. The Labute approximate surface area is 102 Å². The average molecular weight is 232 g/mol. The van der Waals surface area contributed by atoms with Crippen molar-refractivity contribution in [3.63, 3.8) is 0 Å². The SMILES string of the molecule is Cc1cc(N)ccc1C(=O)NC1(C)CCCC1. The molecule has 92 valence electrons. The number of nitrogens with two attached hydrogens (primary N) is 1. The maximum Gasteiger partial charge on any atom is 0.251 e. The van der Waals surface area contributed by atoms with E-state index in [1.807, 2.05) is 13.0 Å². The van der Waals surface area contributed by atoms with Crippen molar-refractivity contribution in [2.24, 2.45) is 0 Å². The van der Waals surface area contributed by atoms with Crippen LogP contribution < -0.4 is 11.1 Å². The molecule has 1 aliphatic rings. The fourth-order valence-electron chi connectivity index (χ4n) is 2.56. The van der Waals surface area contributed by atoms with Crippen LogP contribution in [0.3, 0.4) is 0 Å². The van der Waals surface area contributed by atoms with Crippen LogP contribution in [0.1, 0.15) is 48.5 Å². The van der Waals surface area contributed by atoms with Gasteiger partial charge in [-0.2, -0.15) is 0 Å². The van der Waals surface area contributed by atoms with Crippen molar-refractivity contribution >= 4 is 11.6 Å². The summed E-state index contributed by atoms with van der Waals surface area (Å²) in [6, 6.07) is 5.42. The summed E-state index contributed by atoms with van der Waals surface area (Å²) in [5.41, 5.74) is 8.03. The number of carbonyl (C=O) groups is 1. The van der Waals surface area contributed by atoms with E-state index >= 15 is 0 Å². The molecule has 0 aliphatic heterocycles. The molecule has 0 radical (unpaired) electrons. The molecule has 0 unspecified atom stereocenters. The molecule has 0 saturated heterocycles. The van der Waals surface area contributed by atoms with Gasteiger partial charge in [-0.25, -0.2) is 0 Å². The molecule has 0 heterocycles. The number of anilines is 1. The Morgan fingerprint density at radius 1 is 1.35 bits per heavy atom. The van der Waals surface area contributed by atoms with Crippen LogP contribution in [0.2, 0.25) is 0 Å². The molecule has 1 aromatic carbocycles. The van der Waals surface area contributed by atoms with Crippen molar-refractivity contribution in [2.45, 2.75) is 45.1 Å². The van der Waals surface area contributed by atoms with Crippen molar-refractivity contribution in [3.05, 3.63) is 29.3 Å². The summed E-state index contributed by atoms with van der Waals surface area (Å²) in [5, 5.41) is 3.15. The van der Waals surface area contributed by atoms with Gasteiger partial charge >= 0.3 is 0 Å². The van der Waals surface area contributed by atoms with E-state index in [-0.39, 0.29) is 11.4 Å². The van der Waals surface area contributed by atoms with Gasteiger partial charge in [0.15, 0.2) is 0 Å². The Kier molecular flexibility index (Phi) is 3.09. The smallest absolute Gasteiger partial charge is 0.251 e. The van der Waals surface area contributed by atoms with Crippen LogP contribution in [0, 0.1) is 6.92 Å². The van der Waals surface area contributed by atoms with E-state index in [1.54, 1.807) is 12.1 Å². The van der Waals surface area contributed by atoms with Crippen LogP contribution >= 0.6 is 0 Å². The van der Waals surface area contributed by atoms with Gasteiger partial charge in [0.1, 0.15) is 0 Å². The first kappa shape index (κ1) is 12.0. The van der Waals surface area contributed by atoms with E-state index < -0.39 is 0 Å². The second-order valence-corrected chi connectivity index (χ2v) is 5.30. The lowest BCUT2D eigenvalue weighted by Crippen LogP contribution is -2.43. The van der Waals surface area contributed by atoms with Crippen LogP contribution in [0.25, 0.3) is 0 Å². The van der Waals surface area contributed by atoms with Crippen molar-refractivity contribution < 1.29 is 4.79 Å². The number of amides is 1. The van der Waals surface area contributed by atoms with E-state index in [9.17, 15) is 4.79 Å². The molecule has 2 rings (SSSR count). The first-order valence-electron chi connectivity index (χ1n) is 6.19. The Hall–Kier alpha value is -1.51. The summed E-state index contributed by atoms with van der Waals surface area (Å²) >= 11 is 0. The number of aryl methyl sites for hydroxylation is 1. The third kappa shape index (κ3) is 2.60. The Morgan fingerprint density at radius 2 is 2.00 bits per heavy atom. The minimum absolute atomic E-state index is 0.0203. The summed E-state index contributed by atoms with van der Waals surface area (Å²) < 4.78 is 0. The van der Waals surface area contributed by atoms with Crippen molar-refractivity contribution in [1.82, 2.24) is 5.32 Å². The number of rotatable bonds is 2. The summed E-state index contributed by atoms with van der Waals surface area (Å²) in [6.07, 6.45) is 4.56. The van der Waals surface area contributed by atoms with Gasteiger partial charge in [-0.05, 0) is 50.5 Å². The predicted octanol–water partition coefficient (Wildman–Crippen LogP) is 2.64. The fraction of sp³-hybridized carbons (Fsp3) is 0.500. The minimum Gasteiger partial charge on any atom is -0.399 e. The molecule has 1 aromatic rings. The number of nitrogen functional groups attached to an aromatic ring is 1. The standard InChI is InChI=1S/C14H20N2O/c1-10-9-11(15)5-6-12(10)13(17)16-14(2)7-3-4-8-14/h5-6,9H,3-4,7-8,15H2,1-2H3,(H,16,17). The number of hydrogen-bond donors (Lipinski definition) is 2. The molecular formula is C14H20N2O. The second kappa shape index (κ2) is 4.40. The highest BCUT2D eigenvalue weighted by molar-refractivity contribution is 5.96. The summed E-state index contributed by atoms with van der Waals surface area (Å²) in [5.74, 6) is 0.0203. The van der Waals surface area contributed by atoms with E-state index in [2.05, 4.69) is 12.2 Å². The predicted molar refractivity (Wildman–Crippen MR) is 69.9 cm³/mol. The first-order valence-corrected chi connectivity index (χ1v) is 6.19. The zero-order valence-corrected chi connectivity index (χ0v) is 10.5. The van der Waals surface area contributed by atoms with Crippen LogP contribution in [-0.4, -0.2) is 11.4 Å². The normalized spacial score (nSPS) is 18.0. The van der Waals surface area contributed by atoms with Gasteiger partial charge in [-0.15, -0.1) is 0 Å². The first-order chi connectivity index (χ1) is 8.00. The Bertz CT molecular complexity index is 434. The van der Waals surface area contributed by atoms with Crippen LogP contribution in [0.4, 0.5) is 5.69 Å². The fourth-order valence-corrected chi connectivity index (χ4v) is 2.56. The van der Waals surface area contributed by atoms with Gasteiger partial charge in [0.2, 0.25) is 0 Å². The van der Waals surface area contributed by atoms with Crippen LogP contribution in [-0.2, 0) is 0 Å². The zero-order chi connectivity index (χ0) is 12.5. The summed E-state index contributed by atoms with van der Waals surface area (Å²) in [4.78, 5) is 12.2. The molecule has 1 saturated carbocycles. The lowest BCUT2D eigenvalue weighted by atomic mass is 9.99. The summed E-state index contributed by atoms with van der Waals surface area (Å²) in [6.45, 7) is 4.05. The molecule has 0 atom stereocenters. The number of benzene rings is 1. The highest BCUT2D eigenvalue weighted by atomic mass is 16.1. The molecule has 1 amide bonds. The Morgan fingerprint density at radius 3 is 2.59 bits per heavy atom. The number of nitrogens with one attached hydrogen (secondary N) is 1. The molecule has 17 heavy (non-hydrogen) atoms. The third-order valence-electron chi connectivity index (χ3n) is 3.62. The zero-order valence-electron chi connectivity index (χ0n) is 10.5. The molecular weight excluding hydrogens is 212 g/mol. The van der Waals surface area contributed by atoms with Gasteiger partial charge in [0, 0.05) is 16.8 Å². The molecule has 0 bridgehead atoms. The highest BCUT2D eigenvalue weighted by Crippen LogP contribution is 2.29. The third-order valence-corrected chi connectivity index (χ3v) is 3.62. The van der Waals surface area contributed by atoms with Gasteiger partial charge in [0.05, 0.1) is 0 Å². The van der Waals surface area contributed by atoms with E-state index in [1.165, 1.54) is 12.8 Å². The van der Waals surface area contributed by atoms with E-state index in [4.69, 9.17) is 5.73 Å². The van der Waals surface area contributed by atoms with E-state index in [0.717, 1.165) is 24.0 Å². The molecule has 0 spiro atoms. The maximum absolute atomic E-state index is 12.2. The number of carbonyl (C=O) groups excluding carboxylic acids is 1. The molecule has 0 aromatic heterocycles. The molecule has 1 aliphatic carbocycles. The topological polar surface area (TPSA) is 55.1 Å². The van der Waals surface area contributed by atoms with Crippen LogP contribution in [0.15, 0.2) is 18.2 Å². The molecule has 3 heteroatoms. The molecule has 3 N–H and O–H groups in total.